The molecule has 6 heteroatoms. The maximum atomic E-state index is 11.7. The molecule has 1 rings (SSSR count). The molecule has 0 heterocycles. The van der Waals surface area contributed by atoms with Crippen molar-refractivity contribution < 1.29 is 9.53 Å². The van der Waals surface area contributed by atoms with Crippen LogP contribution in [0.5, 0.6) is 0 Å². The van der Waals surface area contributed by atoms with Crippen LogP contribution in [0.25, 0.3) is 0 Å². The zero-order chi connectivity index (χ0) is 16.6. The molecule has 6 nitrogen and oxygen atoms in total. The van der Waals surface area contributed by atoms with Gasteiger partial charge in [-0.25, -0.2) is 4.99 Å². The molecule has 0 atom stereocenters. The zero-order valence-corrected chi connectivity index (χ0v) is 14.7. The lowest BCUT2D eigenvalue weighted by molar-refractivity contribution is -0.127. The standard InChI is InChI=1S/C16H32N4O2/c1-13(2)10-17-15(18-11-14(21)20(3)4)19-12-16(6-7-16)8-9-22-5/h13H,6-12H2,1-5H3,(H2,17,18,19). The number of methoxy groups -OCH3 is 1. The van der Waals surface area contributed by atoms with Gasteiger partial charge >= 0.3 is 0 Å². The molecule has 22 heavy (non-hydrogen) atoms. The average molecular weight is 312 g/mol. The molecule has 2 N–H and O–H groups in total. The molecule has 1 amide bonds. The molecular weight excluding hydrogens is 280 g/mol. The van der Waals surface area contributed by atoms with Gasteiger partial charge in [0.15, 0.2) is 5.96 Å². The zero-order valence-electron chi connectivity index (χ0n) is 14.7. The molecule has 0 unspecified atom stereocenters. The van der Waals surface area contributed by atoms with Crippen LogP contribution in [0.1, 0.15) is 33.1 Å². The number of hydrogen-bond acceptors (Lipinski definition) is 3. The second kappa shape index (κ2) is 8.98. The lowest BCUT2D eigenvalue weighted by Gasteiger charge is -2.19. The van der Waals surface area contributed by atoms with E-state index in [-0.39, 0.29) is 12.5 Å². The van der Waals surface area contributed by atoms with Gasteiger partial charge in [0.05, 0.1) is 0 Å². The van der Waals surface area contributed by atoms with Gasteiger partial charge in [-0.15, -0.1) is 0 Å². The summed E-state index contributed by atoms with van der Waals surface area (Å²) in [6.45, 7) is 6.99. The van der Waals surface area contributed by atoms with E-state index in [2.05, 4.69) is 29.5 Å². The van der Waals surface area contributed by atoms with Gasteiger partial charge in [-0.1, -0.05) is 13.8 Å². The summed E-state index contributed by atoms with van der Waals surface area (Å²) in [5.41, 5.74) is 0.349. The fourth-order valence-corrected chi connectivity index (χ4v) is 2.04. The fourth-order valence-electron chi connectivity index (χ4n) is 2.04. The number of amides is 1. The third-order valence-electron chi connectivity index (χ3n) is 3.97. The van der Waals surface area contributed by atoms with Gasteiger partial charge in [0.1, 0.15) is 6.54 Å². The largest absolute Gasteiger partial charge is 0.385 e. The number of likely N-dealkylation sites (N-methyl/N-ethyl adjacent to an activating group) is 1. The maximum absolute atomic E-state index is 11.7. The Morgan fingerprint density at radius 2 is 2.00 bits per heavy atom. The van der Waals surface area contributed by atoms with E-state index in [4.69, 9.17) is 4.74 Å². The monoisotopic (exact) mass is 312 g/mol. The van der Waals surface area contributed by atoms with Crippen molar-refractivity contribution in [3.05, 3.63) is 0 Å². The minimum atomic E-state index is 0.00571. The molecule has 1 fully saturated rings. The SMILES string of the molecule is COCCC1(CNC(=NCC(=O)N(C)C)NCC(C)C)CC1. The Labute approximate surface area is 134 Å². The summed E-state index contributed by atoms with van der Waals surface area (Å²) in [5.74, 6) is 1.26. The Kier molecular flexibility index (Phi) is 7.65. The Balaban J connectivity index is 2.50. The van der Waals surface area contributed by atoms with E-state index in [1.165, 1.54) is 12.8 Å². The summed E-state index contributed by atoms with van der Waals surface area (Å²) in [6, 6.07) is 0. The highest BCUT2D eigenvalue weighted by molar-refractivity contribution is 5.84. The third-order valence-corrected chi connectivity index (χ3v) is 3.97. The van der Waals surface area contributed by atoms with Crippen molar-refractivity contribution in [2.45, 2.75) is 33.1 Å². The molecule has 1 aliphatic rings. The first-order valence-corrected chi connectivity index (χ1v) is 8.10. The summed E-state index contributed by atoms with van der Waals surface area (Å²) >= 11 is 0. The molecular formula is C16H32N4O2. The minimum Gasteiger partial charge on any atom is -0.385 e. The van der Waals surface area contributed by atoms with Crippen LogP contribution in [0, 0.1) is 11.3 Å². The van der Waals surface area contributed by atoms with Crippen LogP contribution in [-0.4, -0.2) is 64.2 Å². The highest BCUT2D eigenvalue weighted by Crippen LogP contribution is 2.48. The first kappa shape index (κ1) is 18.7. The van der Waals surface area contributed by atoms with Crippen LogP contribution in [0.4, 0.5) is 0 Å². The van der Waals surface area contributed by atoms with Crippen molar-refractivity contribution in [1.29, 1.82) is 0 Å². The number of nitrogens with zero attached hydrogens (tertiary/aromatic N) is 2. The number of carbonyl (C=O) groups excluding carboxylic acids is 1. The van der Waals surface area contributed by atoms with Crippen molar-refractivity contribution in [2.75, 3.05) is 47.4 Å². The smallest absolute Gasteiger partial charge is 0.243 e. The van der Waals surface area contributed by atoms with Gasteiger partial charge in [0.25, 0.3) is 0 Å². The van der Waals surface area contributed by atoms with Gasteiger partial charge in [-0.3, -0.25) is 4.79 Å². The molecule has 1 aliphatic carbocycles. The number of guanidine groups is 1. The Hall–Kier alpha value is -1.30. The predicted molar refractivity (Wildman–Crippen MR) is 90.0 cm³/mol. The first-order valence-electron chi connectivity index (χ1n) is 8.10. The molecule has 1 saturated carbocycles. The molecule has 0 aromatic carbocycles. The molecule has 0 aromatic heterocycles. The lowest BCUT2D eigenvalue weighted by Crippen LogP contribution is -2.42. The number of hydrogen-bond donors (Lipinski definition) is 2. The fraction of sp³-hybridized carbons (Fsp3) is 0.875. The Morgan fingerprint density at radius 1 is 1.32 bits per heavy atom. The summed E-state index contributed by atoms with van der Waals surface area (Å²) in [5, 5.41) is 6.70. The van der Waals surface area contributed by atoms with E-state index < -0.39 is 0 Å². The molecule has 0 radical (unpaired) electrons. The average Bonchev–Trinajstić information content (AvgIpc) is 3.24. The molecule has 0 saturated heterocycles. The normalized spacial score (nSPS) is 16.5. The summed E-state index contributed by atoms with van der Waals surface area (Å²) in [6.07, 6.45) is 3.54. The van der Waals surface area contributed by atoms with E-state index >= 15 is 0 Å². The van der Waals surface area contributed by atoms with Crippen LogP contribution in [0.15, 0.2) is 4.99 Å². The molecule has 0 aliphatic heterocycles. The summed E-state index contributed by atoms with van der Waals surface area (Å²) in [7, 11) is 5.24. The predicted octanol–water partition coefficient (Wildman–Crippen LogP) is 1.08. The Bertz CT molecular complexity index is 376. The van der Waals surface area contributed by atoms with E-state index in [1.807, 2.05) is 0 Å². The number of carbonyl (C=O) groups is 1. The number of nitrogens with one attached hydrogen (secondary N) is 2. The van der Waals surface area contributed by atoms with Crippen molar-refractivity contribution in [2.24, 2.45) is 16.3 Å². The molecule has 0 bridgehead atoms. The summed E-state index contributed by atoms with van der Waals surface area (Å²) in [4.78, 5) is 17.6. The van der Waals surface area contributed by atoms with Gasteiger partial charge in [-0.05, 0) is 30.6 Å². The van der Waals surface area contributed by atoms with Crippen molar-refractivity contribution in [3.63, 3.8) is 0 Å². The molecule has 128 valence electrons. The van der Waals surface area contributed by atoms with E-state index in [0.717, 1.165) is 32.1 Å². The number of ether oxygens (including phenoxy) is 1. The van der Waals surface area contributed by atoms with Crippen LogP contribution >= 0.6 is 0 Å². The van der Waals surface area contributed by atoms with Crippen molar-refractivity contribution >= 4 is 11.9 Å². The van der Waals surface area contributed by atoms with Crippen LogP contribution < -0.4 is 10.6 Å². The minimum absolute atomic E-state index is 0.00571. The number of rotatable bonds is 9. The topological polar surface area (TPSA) is 66.0 Å². The molecule has 0 spiro atoms. The number of aliphatic imine (C=N–C) groups is 1. The van der Waals surface area contributed by atoms with Crippen molar-refractivity contribution in [3.8, 4) is 0 Å². The molecule has 0 aromatic rings. The quantitative estimate of drug-likeness (QED) is 0.494. The van der Waals surface area contributed by atoms with E-state index in [1.54, 1.807) is 26.1 Å². The van der Waals surface area contributed by atoms with Crippen molar-refractivity contribution in [1.82, 2.24) is 15.5 Å². The summed E-state index contributed by atoms with van der Waals surface area (Å²) < 4.78 is 5.18. The first-order chi connectivity index (χ1) is 10.4. The Morgan fingerprint density at radius 3 is 2.50 bits per heavy atom. The van der Waals surface area contributed by atoms with Gasteiger partial charge in [0.2, 0.25) is 5.91 Å². The highest BCUT2D eigenvalue weighted by Gasteiger charge is 2.41. The third kappa shape index (κ3) is 7.11. The maximum Gasteiger partial charge on any atom is 0.243 e. The van der Waals surface area contributed by atoms with E-state index in [9.17, 15) is 4.79 Å². The van der Waals surface area contributed by atoms with Gasteiger partial charge in [-0.2, -0.15) is 0 Å². The van der Waals surface area contributed by atoms with Crippen LogP contribution in [0.3, 0.4) is 0 Å². The van der Waals surface area contributed by atoms with Crippen LogP contribution in [-0.2, 0) is 9.53 Å². The second-order valence-corrected chi connectivity index (χ2v) is 6.82. The van der Waals surface area contributed by atoms with E-state index in [0.29, 0.717) is 11.3 Å². The van der Waals surface area contributed by atoms with Crippen LogP contribution in [0.2, 0.25) is 0 Å². The lowest BCUT2D eigenvalue weighted by atomic mass is 10.0. The van der Waals surface area contributed by atoms with Gasteiger partial charge in [0, 0.05) is 40.9 Å². The highest BCUT2D eigenvalue weighted by atomic mass is 16.5. The second-order valence-electron chi connectivity index (χ2n) is 6.82. The van der Waals surface area contributed by atoms with Gasteiger partial charge < -0.3 is 20.3 Å².